The van der Waals surface area contributed by atoms with Crippen LogP contribution in [-0.2, 0) is 4.79 Å². The number of nitrogens with one attached hydrogen (secondary N) is 1. The van der Waals surface area contributed by atoms with Gasteiger partial charge in [-0.2, -0.15) is 0 Å². The Morgan fingerprint density at radius 1 is 1.39 bits per heavy atom. The minimum atomic E-state index is -1.40. The molecule has 3 N–H and O–H groups in total. The van der Waals surface area contributed by atoms with Crippen molar-refractivity contribution in [1.29, 1.82) is 0 Å². The molecule has 6 heteroatoms. The Balaban J connectivity index is 2.91. The third kappa shape index (κ3) is 3.27. The molecule has 0 bridgehead atoms. The van der Waals surface area contributed by atoms with Crippen molar-refractivity contribution in [1.82, 2.24) is 5.32 Å². The minimum absolute atomic E-state index is 0.170. The van der Waals surface area contributed by atoms with Crippen LogP contribution in [0.5, 0.6) is 0 Å². The van der Waals surface area contributed by atoms with Crippen LogP contribution in [0.1, 0.15) is 22.8 Å². The fourth-order valence-electron chi connectivity index (χ4n) is 1.49. The van der Waals surface area contributed by atoms with E-state index in [9.17, 15) is 19.1 Å². The Morgan fingerprint density at radius 3 is 2.44 bits per heavy atom. The van der Waals surface area contributed by atoms with Gasteiger partial charge in [-0.1, -0.05) is 0 Å². The minimum Gasteiger partial charge on any atom is -0.480 e. The molecule has 1 aromatic carbocycles. The maximum absolute atomic E-state index is 12.9. The molecule has 98 valence electrons. The van der Waals surface area contributed by atoms with E-state index >= 15 is 0 Å². The molecule has 0 heterocycles. The van der Waals surface area contributed by atoms with Crippen molar-refractivity contribution in [3.63, 3.8) is 0 Å². The number of benzene rings is 1. The molecule has 0 spiro atoms. The number of hydrogen-bond acceptors (Lipinski definition) is 3. The molecule has 0 fully saturated rings. The Kier molecular flexibility index (Phi) is 4.38. The summed E-state index contributed by atoms with van der Waals surface area (Å²) >= 11 is 0. The van der Waals surface area contributed by atoms with Crippen LogP contribution in [0.3, 0.4) is 0 Å². The molecule has 1 amide bonds. The van der Waals surface area contributed by atoms with Crippen LogP contribution in [-0.4, -0.2) is 34.2 Å². The summed E-state index contributed by atoms with van der Waals surface area (Å²) in [5.41, 5.74) is 0.561. The largest absolute Gasteiger partial charge is 0.480 e. The van der Waals surface area contributed by atoms with Crippen molar-refractivity contribution in [2.45, 2.75) is 26.0 Å². The van der Waals surface area contributed by atoms with E-state index in [2.05, 4.69) is 5.32 Å². The molecule has 0 saturated carbocycles. The summed E-state index contributed by atoms with van der Waals surface area (Å²) in [6.07, 6.45) is -1.23. The van der Waals surface area contributed by atoms with Crippen molar-refractivity contribution in [2.75, 3.05) is 0 Å². The monoisotopic (exact) mass is 255 g/mol. The Bertz CT molecular complexity index is 473. The third-order valence-electron chi connectivity index (χ3n) is 2.47. The summed E-state index contributed by atoms with van der Waals surface area (Å²) in [4.78, 5) is 22.6. The van der Waals surface area contributed by atoms with E-state index in [0.717, 1.165) is 6.07 Å². The standard InChI is InChI=1S/C12H14FNO4/c1-6-5-8(13)3-4-9(6)11(16)14-10(7(2)15)12(17)18/h3-5,7,10,15H,1-2H3,(H,14,16)(H,17,18)/t7-,10+/m1/s1. The average Bonchev–Trinajstić information content (AvgIpc) is 2.24. The summed E-state index contributed by atoms with van der Waals surface area (Å²) < 4.78 is 12.9. The number of halogens is 1. The van der Waals surface area contributed by atoms with Gasteiger partial charge in [-0.3, -0.25) is 4.79 Å². The van der Waals surface area contributed by atoms with Crippen molar-refractivity contribution in [2.24, 2.45) is 0 Å². The van der Waals surface area contributed by atoms with E-state index in [0.29, 0.717) is 5.56 Å². The molecule has 1 rings (SSSR count). The summed E-state index contributed by atoms with van der Waals surface area (Å²) in [5.74, 6) is -2.48. The number of aliphatic hydroxyl groups excluding tert-OH is 1. The van der Waals surface area contributed by atoms with Crippen molar-refractivity contribution in [3.05, 3.63) is 35.1 Å². The Morgan fingerprint density at radius 2 is 2.00 bits per heavy atom. The predicted octanol–water partition coefficient (Wildman–Crippen LogP) is 0.698. The second kappa shape index (κ2) is 5.59. The number of aliphatic hydroxyl groups is 1. The summed E-state index contributed by atoms with van der Waals surface area (Å²) in [6.45, 7) is 2.80. The molecule has 5 nitrogen and oxygen atoms in total. The number of amides is 1. The smallest absolute Gasteiger partial charge is 0.328 e. The number of carbonyl (C=O) groups is 2. The molecule has 0 aromatic heterocycles. The van der Waals surface area contributed by atoms with Crippen molar-refractivity contribution in [3.8, 4) is 0 Å². The first-order valence-corrected chi connectivity index (χ1v) is 5.31. The van der Waals surface area contributed by atoms with Gasteiger partial charge in [0.15, 0.2) is 6.04 Å². The van der Waals surface area contributed by atoms with Gasteiger partial charge in [0.2, 0.25) is 0 Å². The number of carbonyl (C=O) groups excluding carboxylic acids is 1. The van der Waals surface area contributed by atoms with Crippen LogP contribution in [0.15, 0.2) is 18.2 Å². The van der Waals surface area contributed by atoms with Crippen LogP contribution >= 0.6 is 0 Å². The van der Waals surface area contributed by atoms with Gasteiger partial charge in [0.05, 0.1) is 6.10 Å². The first-order valence-electron chi connectivity index (χ1n) is 5.31. The zero-order valence-corrected chi connectivity index (χ0v) is 9.98. The van der Waals surface area contributed by atoms with E-state index in [1.165, 1.54) is 26.0 Å². The van der Waals surface area contributed by atoms with Crippen molar-refractivity contribution >= 4 is 11.9 Å². The lowest BCUT2D eigenvalue weighted by atomic mass is 10.1. The number of aliphatic carboxylic acids is 1. The first kappa shape index (κ1) is 14.1. The molecular weight excluding hydrogens is 241 g/mol. The van der Waals surface area contributed by atoms with E-state index in [1.807, 2.05) is 0 Å². The van der Waals surface area contributed by atoms with E-state index < -0.39 is 29.8 Å². The third-order valence-corrected chi connectivity index (χ3v) is 2.47. The highest BCUT2D eigenvalue weighted by atomic mass is 19.1. The highest BCUT2D eigenvalue weighted by Gasteiger charge is 2.25. The molecule has 2 atom stereocenters. The molecule has 0 aliphatic rings. The van der Waals surface area contributed by atoms with Crippen LogP contribution in [0.2, 0.25) is 0 Å². The SMILES string of the molecule is Cc1cc(F)ccc1C(=O)N[C@H](C(=O)O)[C@@H](C)O. The van der Waals surface area contributed by atoms with Crippen LogP contribution in [0, 0.1) is 12.7 Å². The quantitative estimate of drug-likeness (QED) is 0.739. The van der Waals surface area contributed by atoms with Gasteiger partial charge in [-0.15, -0.1) is 0 Å². The van der Waals surface area contributed by atoms with Crippen LogP contribution in [0.4, 0.5) is 4.39 Å². The molecule has 0 aliphatic heterocycles. The molecule has 0 saturated heterocycles. The maximum atomic E-state index is 12.9. The topological polar surface area (TPSA) is 86.6 Å². The molecule has 18 heavy (non-hydrogen) atoms. The van der Waals surface area contributed by atoms with Gasteiger partial charge in [-0.05, 0) is 37.6 Å². The van der Waals surface area contributed by atoms with Gasteiger partial charge in [0, 0.05) is 5.56 Å². The summed E-state index contributed by atoms with van der Waals surface area (Å²) in [7, 11) is 0. The van der Waals surface area contributed by atoms with Gasteiger partial charge >= 0.3 is 5.97 Å². The average molecular weight is 255 g/mol. The predicted molar refractivity (Wildman–Crippen MR) is 61.7 cm³/mol. The second-order valence-corrected chi connectivity index (χ2v) is 3.99. The van der Waals surface area contributed by atoms with Crippen LogP contribution in [0.25, 0.3) is 0 Å². The Labute approximate surface area is 103 Å². The fourth-order valence-corrected chi connectivity index (χ4v) is 1.49. The van der Waals surface area contributed by atoms with E-state index in [1.54, 1.807) is 0 Å². The van der Waals surface area contributed by atoms with Gasteiger partial charge in [0.1, 0.15) is 5.82 Å². The number of carboxylic acid groups (broad SMARTS) is 1. The lowest BCUT2D eigenvalue weighted by Crippen LogP contribution is -2.47. The second-order valence-electron chi connectivity index (χ2n) is 3.99. The molecule has 0 unspecified atom stereocenters. The first-order chi connectivity index (χ1) is 8.32. The molecule has 0 radical (unpaired) electrons. The number of aryl methyl sites for hydroxylation is 1. The molecule has 0 aliphatic carbocycles. The summed E-state index contributed by atoms with van der Waals surface area (Å²) in [5, 5.41) is 20.2. The maximum Gasteiger partial charge on any atom is 0.328 e. The lowest BCUT2D eigenvalue weighted by molar-refractivity contribution is -0.141. The summed E-state index contributed by atoms with van der Waals surface area (Å²) in [6, 6.07) is 2.15. The highest BCUT2D eigenvalue weighted by molar-refractivity contribution is 5.97. The van der Waals surface area contributed by atoms with E-state index in [4.69, 9.17) is 5.11 Å². The van der Waals surface area contributed by atoms with Crippen LogP contribution < -0.4 is 5.32 Å². The van der Waals surface area contributed by atoms with E-state index in [-0.39, 0.29) is 5.56 Å². The number of hydrogen-bond donors (Lipinski definition) is 3. The zero-order chi connectivity index (χ0) is 13.9. The molecule has 1 aromatic rings. The normalized spacial score (nSPS) is 13.8. The van der Waals surface area contributed by atoms with Gasteiger partial charge in [0.25, 0.3) is 5.91 Å². The number of carboxylic acids is 1. The Hall–Kier alpha value is -1.95. The molecular formula is C12H14FNO4. The highest BCUT2D eigenvalue weighted by Crippen LogP contribution is 2.10. The zero-order valence-electron chi connectivity index (χ0n) is 9.98. The lowest BCUT2D eigenvalue weighted by Gasteiger charge is -2.17. The number of rotatable bonds is 4. The van der Waals surface area contributed by atoms with Crippen molar-refractivity contribution < 1.29 is 24.2 Å². The fraction of sp³-hybridized carbons (Fsp3) is 0.333. The van der Waals surface area contributed by atoms with Gasteiger partial charge < -0.3 is 15.5 Å². The van der Waals surface area contributed by atoms with Gasteiger partial charge in [-0.25, -0.2) is 9.18 Å².